The lowest BCUT2D eigenvalue weighted by molar-refractivity contribution is 0.137. The molecule has 1 aromatic carbocycles. The van der Waals surface area contributed by atoms with Crippen LogP contribution in [-0.4, -0.2) is 26.3 Å². The van der Waals surface area contributed by atoms with Crippen molar-refractivity contribution in [2.75, 3.05) is 5.32 Å². The highest BCUT2D eigenvalue weighted by atomic mass is 35.5. The van der Waals surface area contributed by atoms with Gasteiger partial charge in [-0.15, -0.1) is 11.3 Å². The fourth-order valence-electron chi connectivity index (χ4n) is 3.77. The van der Waals surface area contributed by atoms with E-state index < -0.39 is 6.16 Å². The van der Waals surface area contributed by atoms with Crippen LogP contribution in [0.2, 0.25) is 10.0 Å². The molecule has 1 aliphatic rings. The van der Waals surface area contributed by atoms with Gasteiger partial charge < -0.3 is 15.5 Å². The Labute approximate surface area is 195 Å². The number of aryl methyl sites for hydroxylation is 2. The van der Waals surface area contributed by atoms with Gasteiger partial charge in [0, 0.05) is 17.3 Å². The Morgan fingerprint density at radius 3 is 2.45 bits per heavy atom. The third-order valence-electron chi connectivity index (χ3n) is 5.46. The number of rotatable bonds is 4. The molecule has 0 amide bonds. The normalized spacial score (nSPS) is 14.2. The van der Waals surface area contributed by atoms with Crippen molar-refractivity contribution in [3.8, 4) is 0 Å². The topological polar surface area (TPSA) is 95.3 Å². The monoisotopic (exact) mass is 481 g/mol. The molecular weight excluding hydrogens is 457 g/mol. The van der Waals surface area contributed by atoms with Gasteiger partial charge in [-0.3, -0.25) is 0 Å². The first-order valence-electron chi connectivity index (χ1n) is 10.1. The fraction of sp³-hybridized carbons (Fsp3) is 0.409. The molecule has 3 aromatic rings. The second kappa shape index (κ2) is 10.5. The molecule has 0 atom stereocenters. The van der Waals surface area contributed by atoms with E-state index in [1.807, 2.05) is 18.2 Å². The van der Waals surface area contributed by atoms with Crippen LogP contribution in [0.1, 0.15) is 59.9 Å². The van der Waals surface area contributed by atoms with Crippen molar-refractivity contribution in [2.24, 2.45) is 0 Å². The fourth-order valence-corrected chi connectivity index (χ4v) is 5.13. The number of hydrogen-bond donors (Lipinski definition) is 3. The van der Waals surface area contributed by atoms with E-state index in [0.717, 1.165) is 27.4 Å². The van der Waals surface area contributed by atoms with Crippen LogP contribution in [0.3, 0.4) is 0 Å². The second-order valence-electron chi connectivity index (χ2n) is 7.61. The number of aromatic nitrogens is 2. The van der Waals surface area contributed by atoms with E-state index in [-0.39, 0.29) is 0 Å². The number of anilines is 1. The molecule has 1 fully saturated rings. The largest absolute Gasteiger partial charge is 0.503 e. The van der Waals surface area contributed by atoms with Crippen molar-refractivity contribution in [1.82, 2.24) is 9.97 Å². The summed E-state index contributed by atoms with van der Waals surface area (Å²) < 4.78 is 0. The summed E-state index contributed by atoms with van der Waals surface area (Å²) in [5.41, 5.74) is 2.35. The first-order valence-corrected chi connectivity index (χ1v) is 11.7. The lowest BCUT2D eigenvalue weighted by atomic mass is 9.88. The predicted octanol–water partition coefficient (Wildman–Crippen LogP) is 7.50. The van der Waals surface area contributed by atoms with Gasteiger partial charge in [-0.2, -0.15) is 0 Å². The Balaban J connectivity index is 0.000000628. The molecule has 9 heteroatoms. The Morgan fingerprint density at radius 1 is 1.13 bits per heavy atom. The zero-order valence-corrected chi connectivity index (χ0v) is 19.7. The highest BCUT2D eigenvalue weighted by Gasteiger charge is 2.22. The molecule has 166 valence electrons. The predicted molar refractivity (Wildman–Crippen MR) is 127 cm³/mol. The van der Waals surface area contributed by atoms with Crippen molar-refractivity contribution < 1.29 is 15.0 Å². The Kier molecular flexibility index (Phi) is 7.97. The molecule has 0 spiro atoms. The third kappa shape index (κ3) is 5.99. The highest BCUT2D eigenvalue weighted by Crippen LogP contribution is 2.37. The SMILES string of the molecule is Cc1sc2nc(C3CCCCC3)nc(NCc3ccc(Cl)c(Cl)c3)c2c1C.O=C(O)O. The maximum absolute atomic E-state index is 8.56. The molecule has 6 nitrogen and oxygen atoms in total. The number of carboxylic acid groups (broad SMARTS) is 2. The zero-order valence-electron chi connectivity index (χ0n) is 17.4. The molecule has 0 radical (unpaired) electrons. The van der Waals surface area contributed by atoms with Crippen molar-refractivity contribution in [1.29, 1.82) is 0 Å². The number of nitrogens with zero attached hydrogens (tertiary/aromatic N) is 2. The first kappa shape index (κ1) is 23.6. The summed E-state index contributed by atoms with van der Waals surface area (Å²) >= 11 is 14.0. The summed E-state index contributed by atoms with van der Waals surface area (Å²) in [4.78, 5) is 20.9. The third-order valence-corrected chi connectivity index (χ3v) is 7.30. The standard InChI is InChI=1S/C21H23Cl2N3S.CH2O3/c1-12-13(2)27-21-18(12)20(24-11-14-8-9-16(22)17(23)10-14)25-19(26-21)15-6-4-3-5-7-15;2-1(3)4/h8-10,15H,3-7,11H2,1-2H3,(H,24,25,26);(H2,2,3,4). The van der Waals surface area contributed by atoms with Crippen LogP contribution in [-0.2, 0) is 6.54 Å². The van der Waals surface area contributed by atoms with E-state index in [4.69, 9.17) is 48.2 Å². The Hall–Kier alpha value is -2.09. The minimum Gasteiger partial charge on any atom is -0.450 e. The molecular formula is C22H25Cl2N3O3S. The number of nitrogens with one attached hydrogen (secondary N) is 1. The van der Waals surface area contributed by atoms with Crippen LogP contribution < -0.4 is 5.32 Å². The molecule has 0 unspecified atom stereocenters. The van der Waals surface area contributed by atoms with Crippen molar-refractivity contribution in [2.45, 2.75) is 58.4 Å². The van der Waals surface area contributed by atoms with Gasteiger partial charge >= 0.3 is 6.16 Å². The molecule has 31 heavy (non-hydrogen) atoms. The average molecular weight is 482 g/mol. The highest BCUT2D eigenvalue weighted by molar-refractivity contribution is 7.18. The summed E-state index contributed by atoms with van der Waals surface area (Å²) in [6.45, 7) is 4.97. The Morgan fingerprint density at radius 2 is 1.81 bits per heavy atom. The quantitative estimate of drug-likeness (QED) is 0.356. The average Bonchev–Trinajstić information content (AvgIpc) is 3.02. The van der Waals surface area contributed by atoms with Gasteiger partial charge in [0.15, 0.2) is 0 Å². The summed E-state index contributed by atoms with van der Waals surface area (Å²) in [6, 6.07) is 5.74. The molecule has 2 aromatic heterocycles. The molecule has 0 bridgehead atoms. The lowest BCUT2D eigenvalue weighted by Gasteiger charge is -2.21. The van der Waals surface area contributed by atoms with E-state index in [9.17, 15) is 0 Å². The van der Waals surface area contributed by atoms with Crippen LogP contribution in [0, 0.1) is 13.8 Å². The number of benzene rings is 1. The van der Waals surface area contributed by atoms with Gasteiger partial charge in [0.25, 0.3) is 0 Å². The number of thiophene rings is 1. The van der Waals surface area contributed by atoms with E-state index in [0.29, 0.717) is 22.5 Å². The summed E-state index contributed by atoms with van der Waals surface area (Å²) in [5, 5.41) is 19.8. The summed E-state index contributed by atoms with van der Waals surface area (Å²) in [6.07, 6.45) is 4.45. The van der Waals surface area contributed by atoms with E-state index >= 15 is 0 Å². The van der Waals surface area contributed by atoms with E-state index in [2.05, 4.69) is 19.2 Å². The molecule has 0 aliphatic heterocycles. The number of hydrogen-bond acceptors (Lipinski definition) is 5. The molecule has 1 saturated carbocycles. The van der Waals surface area contributed by atoms with Crippen LogP contribution in [0.15, 0.2) is 18.2 Å². The lowest BCUT2D eigenvalue weighted by Crippen LogP contribution is -2.11. The van der Waals surface area contributed by atoms with Gasteiger partial charge in [-0.05, 0) is 49.9 Å². The van der Waals surface area contributed by atoms with Crippen molar-refractivity contribution >= 4 is 56.7 Å². The summed E-state index contributed by atoms with van der Waals surface area (Å²) in [7, 11) is 0. The minimum absolute atomic E-state index is 0.483. The maximum atomic E-state index is 8.56. The maximum Gasteiger partial charge on any atom is 0.503 e. The van der Waals surface area contributed by atoms with Gasteiger partial charge in [-0.1, -0.05) is 48.5 Å². The molecule has 2 heterocycles. The second-order valence-corrected chi connectivity index (χ2v) is 9.63. The molecule has 0 saturated heterocycles. The number of fused-ring (bicyclic) bond motifs is 1. The van der Waals surface area contributed by atoms with Crippen LogP contribution in [0.4, 0.5) is 10.6 Å². The van der Waals surface area contributed by atoms with Crippen LogP contribution in [0.25, 0.3) is 10.2 Å². The van der Waals surface area contributed by atoms with Crippen molar-refractivity contribution in [3.05, 3.63) is 50.1 Å². The van der Waals surface area contributed by atoms with Gasteiger partial charge in [0.1, 0.15) is 16.5 Å². The summed E-state index contributed by atoms with van der Waals surface area (Å²) in [5.74, 6) is 2.42. The first-order chi connectivity index (χ1) is 14.8. The van der Waals surface area contributed by atoms with E-state index in [1.54, 1.807) is 11.3 Å². The zero-order chi connectivity index (χ0) is 22.5. The molecule has 3 N–H and O–H groups in total. The van der Waals surface area contributed by atoms with Gasteiger partial charge in [0.05, 0.1) is 15.4 Å². The number of halogens is 2. The Bertz CT molecular complexity index is 1080. The van der Waals surface area contributed by atoms with Gasteiger partial charge in [-0.25, -0.2) is 14.8 Å². The molecule has 1 aliphatic carbocycles. The van der Waals surface area contributed by atoms with Gasteiger partial charge in [0.2, 0.25) is 0 Å². The number of carbonyl (C=O) groups is 1. The van der Waals surface area contributed by atoms with Crippen molar-refractivity contribution in [3.63, 3.8) is 0 Å². The van der Waals surface area contributed by atoms with Crippen LogP contribution in [0.5, 0.6) is 0 Å². The minimum atomic E-state index is -1.83. The van der Waals surface area contributed by atoms with E-state index in [1.165, 1.54) is 42.5 Å². The van der Waals surface area contributed by atoms with Crippen LogP contribution >= 0.6 is 34.5 Å². The molecule has 4 rings (SSSR count). The smallest absolute Gasteiger partial charge is 0.450 e.